The molecular weight excluding hydrogens is 270 g/mol. The molecule has 1 aromatic heterocycles. The van der Waals surface area contributed by atoms with E-state index in [9.17, 15) is 0 Å². The molecule has 0 unspecified atom stereocenters. The van der Waals surface area contributed by atoms with Crippen LogP contribution in [-0.2, 0) is 0 Å². The lowest BCUT2D eigenvalue weighted by Gasteiger charge is -2.10. The van der Waals surface area contributed by atoms with Crippen LogP contribution in [0.1, 0.15) is 11.1 Å². The van der Waals surface area contributed by atoms with Crippen LogP contribution in [0.15, 0.2) is 48.7 Å². The second-order valence-corrected chi connectivity index (χ2v) is 5.26. The van der Waals surface area contributed by atoms with E-state index in [-0.39, 0.29) is 0 Å². The Labute approximate surface area is 123 Å². The average Bonchev–Trinajstić information content (AvgIpc) is 2.43. The molecule has 3 aromatic rings. The molecule has 100 valence electrons. The molecule has 0 atom stereocenters. The van der Waals surface area contributed by atoms with Crippen LogP contribution in [0.2, 0.25) is 5.02 Å². The van der Waals surface area contributed by atoms with Gasteiger partial charge in [-0.1, -0.05) is 11.6 Å². The largest absolute Gasteiger partial charge is 0.457 e. The van der Waals surface area contributed by atoms with Crippen LogP contribution < -0.4 is 4.74 Å². The number of nitrogens with zero attached hydrogens (tertiary/aromatic N) is 1. The summed E-state index contributed by atoms with van der Waals surface area (Å²) in [5.41, 5.74) is 3.40. The molecule has 0 aliphatic rings. The van der Waals surface area contributed by atoms with Gasteiger partial charge in [0.2, 0.25) is 0 Å². The Morgan fingerprint density at radius 1 is 0.950 bits per heavy atom. The summed E-state index contributed by atoms with van der Waals surface area (Å²) in [4.78, 5) is 4.40. The van der Waals surface area contributed by atoms with Crippen LogP contribution in [0.5, 0.6) is 11.5 Å². The van der Waals surface area contributed by atoms with Gasteiger partial charge in [-0.25, -0.2) is 0 Å². The topological polar surface area (TPSA) is 22.1 Å². The number of ether oxygens (including phenoxy) is 1. The van der Waals surface area contributed by atoms with Crippen LogP contribution >= 0.6 is 11.6 Å². The molecular formula is C17H14ClNO. The molecule has 20 heavy (non-hydrogen) atoms. The number of hydrogen-bond donors (Lipinski definition) is 0. The van der Waals surface area contributed by atoms with Crippen molar-refractivity contribution in [2.24, 2.45) is 0 Å². The number of aromatic nitrogens is 1. The highest BCUT2D eigenvalue weighted by Gasteiger charge is 2.06. The molecule has 2 aromatic carbocycles. The van der Waals surface area contributed by atoms with Crippen molar-refractivity contribution in [1.29, 1.82) is 0 Å². The fourth-order valence-corrected chi connectivity index (χ4v) is 2.22. The Bertz CT molecular complexity index is 766. The minimum absolute atomic E-state index is 0.698. The minimum atomic E-state index is 0.698. The average molecular weight is 284 g/mol. The van der Waals surface area contributed by atoms with Crippen molar-refractivity contribution in [2.75, 3.05) is 0 Å². The van der Waals surface area contributed by atoms with Gasteiger partial charge < -0.3 is 4.74 Å². The lowest BCUT2D eigenvalue weighted by molar-refractivity contribution is 0.488. The van der Waals surface area contributed by atoms with E-state index in [1.165, 1.54) is 11.1 Å². The van der Waals surface area contributed by atoms with Gasteiger partial charge in [-0.2, -0.15) is 0 Å². The highest BCUT2D eigenvalue weighted by Crippen LogP contribution is 2.30. The molecule has 0 bridgehead atoms. The van der Waals surface area contributed by atoms with Crippen LogP contribution in [0, 0.1) is 13.8 Å². The Morgan fingerprint density at radius 2 is 1.65 bits per heavy atom. The predicted octanol–water partition coefficient (Wildman–Crippen LogP) is 5.30. The van der Waals surface area contributed by atoms with E-state index in [2.05, 4.69) is 31.0 Å². The van der Waals surface area contributed by atoms with Gasteiger partial charge in [-0.15, -0.1) is 0 Å². The summed E-state index contributed by atoms with van der Waals surface area (Å²) >= 11 is 5.88. The molecule has 0 aliphatic carbocycles. The summed E-state index contributed by atoms with van der Waals surface area (Å²) in [5.74, 6) is 1.57. The molecule has 3 heteroatoms. The zero-order chi connectivity index (χ0) is 14.1. The first-order valence-corrected chi connectivity index (χ1v) is 6.81. The van der Waals surface area contributed by atoms with Crippen molar-refractivity contribution in [1.82, 2.24) is 4.98 Å². The Hall–Kier alpha value is -2.06. The van der Waals surface area contributed by atoms with Gasteiger partial charge in [0, 0.05) is 16.6 Å². The Balaban J connectivity index is 2.07. The van der Waals surface area contributed by atoms with Gasteiger partial charge >= 0.3 is 0 Å². The SMILES string of the molecule is Cc1cc2nccc(Oc3ccc(Cl)cc3)c2cc1C. The van der Waals surface area contributed by atoms with Crippen molar-refractivity contribution in [2.45, 2.75) is 13.8 Å². The molecule has 0 amide bonds. The van der Waals surface area contributed by atoms with Crippen LogP contribution in [0.25, 0.3) is 10.9 Å². The Morgan fingerprint density at radius 3 is 2.40 bits per heavy atom. The summed E-state index contributed by atoms with van der Waals surface area (Å²) in [6.07, 6.45) is 1.77. The highest BCUT2D eigenvalue weighted by molar-refractivity contribution is 6.30. The third-order valence-corrected chi connectivity index (χ3v) is 3.61. The number of pyridine rings is 1. The summed E-state index contributed by atoms with van der Waals surface area (Å²) in [6, 6.07) is 13.4. The number of benzene rings is 2. The van der Waals surface area contributed by atoms with Crippen molar-refractivity contribution in [3.8, 4) is 11.5 Å². The van der Waals surface area contributed by atoms with E-state index in [0.717, 1.165) is 22.4 Å². The predicted molar refractivity (Wildman–Crippen MR) is 82.7 cm³/mol. The van der Waals surface area contributed by atoms with E-state index < -0.39 is 0 Å². The van der Waals surface area contributed by atoms with Crippen molar-refractivity contribution >= 4 is 22.5 Å². The van der Waals surface area contributed by atoms with Gasteiger partial charge in [0.1, 0.15) is 11.5 Å². The molecule has 3 rings (SSSR count). The molecule has 1 heterocycles. The number of aryl methyl sites for hydroxylation is 2. The molecule has 0 saturated heterocycles. The summed E-state index contributed by atoms with van der Waals surface area (Å²) in [6.45, 7) is 4.18. The van der Waals surface area contributed by atoms with E-state index in [1.807, 2.05) is 30.3 Å². The normalized spacial score (nSPS) is 10.8. The third-order valence-electron chi connectivity index (χ3n) is 3.36. The fourth-order valence-electron chi connectivity index (χ4n) is 2.10. The van der Waals surface area contributed by atoms with Gasteiger partial charge in [0.25, 0.3) is 0 Å². The Kier molecular flexibility index (Phi) is 3.33. The van der Waals surface area contributed by atoms with Crippen LogP contribution in [-0.4, -0.2) is 4.98 Å². The number of halogens is 1. The molecule has 0 aliphatic heterocycles. The maximum absolute atomic E-state index is 5.94. The van der Waals surface area contributed by atoms with Gasteiger partial charge in [0.15, 0.2) is 0 Å². The molecule has 0 fully saturated rings. The molecule has 0 N–H and O–H groups in total. The summed E-state index contributed by atoms with van der Waals surface area (Å²) in [5, 5.41) is 1.72. The highest BCUT2D eigenvalue weighted by atomic mass is 35.5. The minimum Gasteiger partial charge on any atom is -0.457 e. The maximum Gasteiger partial charge on any atom is 0.138 e. The first-order valence-electron chi connectivity index (χ1n) is 6.43. The van der Waals surface area contributed by atoms with E-state index >= 15 is 0 Å². The standard InChI is InChI=1S/C17H14ClNO/c1-11-9-15-16(10-12(11)2)19-8-7-17(15)20-14-5-3-13(18)4-6-14/h3-10H,1-2H3. The van der Waals surface area contributed by atoms with Crippen molar-refractivity contribution in [3.05, 3.63) is 64.8 Å². The number of hydrogen-bond acceptors (Lipinski definition) is 2. The smallest absolute Gasteiger partial charge is 0.138 e. The molecule has 2 nitrogen and oxygen atoms in total. The van der Waals surface area contributed by atoms with Gasteiger partial charge in [-0.05, 0) is 67.4 Å². The summed E-state index contributed by atoms with van der Waals surface area (Å²) in [7, 11) is 0. The van der Waals surface area contributed by atoms with E-state index in [4.69, 9.17) is 16.3 Å². The maximum atomic E-state index is 5.94. The lowest BCUT2D eigenvalue weighted by Crippen LogP contribution is -1.90. The number of fused-ring (bicyclic) bond motifs is 1. The zero-order valence-corrected chi connectivity index (χ0v) is 12.1. The first kappa shape index (κ1) is 12.9. The van der Waals surface area contributed by atoms with Crippen LogP contribution in [0.3, 0.4) is 0 Å². The lowest BCUT2D eigenvalue weighted by atomic mass is 10.1. The van der Waals surface area contributed by atoms with Crippen molar-refractivity contribution < 1.29 is 4.74 Å². The van der Waals surface area contributed by atoms with Crippen LogP contribution in [0.4, 0.5) is 0 Å². The second kappa shape index (κ2) is 5.14. The number of rotatable bonds is 2. The van der Waals surface area contributed by atoms with Crippen molar-refractivity contribution in [3.63, 3.8) is 0 Å². The van der Waals surface area contributed by atoms with E-state index in [0.29, 0.717) is 5.02 Å². The first-order chi connectivity index (χ1) is 9.63. The second-order valence-electron chi connectivity index (χ2n) is 4.82. The zero-order valence-electron chi connectivity index (χ0n) is 11.4. The monoisotopic (exact) mass is 283 g/mol. The van der Waals surface area contributed by atoms with Gasteiger partial charge in [0.05, 0.1) is 5.52 Å². The molecule has 0 radical (unpaired) electrons. The third kappa shape index (κ3) is 2.47. The fraction of sp³-hybridized carbons (Fsp3) is 0.118. The molecule has 0 saturated carbocycles. The summed E-state index contributed by atoms with van der Waals surface area (Å²) < 4.78 is 5.94. The van der Waals surface area contributed by atoms with Gasteiger partial charge in [-0.3, -0.25) is 4.98 Å². The molecule has 0 spiro atoms. The van der Waals surface area contributed by atoms with E-state index in [1.54, 1.807) is 6.20 Å². The quantitative estimate of drug-likeness (QED) is 0.637.